The molecule has 5 nitrogen and oxygen atoms in total. The number of anilines is 1. The van der Waals surface area contributed by atoms with Crippen molar-refractivity contribution >= 4 is 11.8 Å². The Hall–Kier alpha value is -1.78. The highest BCUT2D eigenvalue weighted by atomic mass is 16.2. The van der Waals surface area contributed by atoms with Crippen molar-refractivity contribution in [3.63, 3.8) is 0 Å². The van der Waals surface area contributed by atoms with Gasteiger partial charge >= 0.3 is 6.03 Å². The third-order valence-electron chi connectivity index (χ3n) is 4.17. The number of hydrogen-bond acceptors (Lipinski definition) is 3. The summed E-state index contributed by atoms with van der Waals surface area (Å²) in [6.07, 6.45) is 4.17. The average Bonchev–Trinajstić information content (AvgIpc) is 3.30. The van der Waals surface area contributed by atoms with E-state index in [1.54, 1.807) is 0 Å². The first-order chi connectivity index (χ1) is 9.65. The fourth-order valence-electron chi connectivity index (χ4n) is 2.66. The van der Waals surface area contributed by atoms with Gasteiger partial charge < -0.3 is 14.7 Å². The second-order valence-corrected chi connectivity index (χ2v) is 5.79. The Bertz CT molecular complexity index is 492. The van der Waals surface area contributed by atoms with Crippen LogP contribution in [-0.2, 0) is 0 Å². The van der Waals surface area contributed by atoms with E-state index in [1.807, 2.05) is 29.1 Å². The highest BCUT2D eigenvalue weighted by molar-refractivity contribution is 5.75. The molecular weight excluding hydrogens is 252 g/mol. The van der Waals surface area contributed by atoms with E-state index < -0.39 is 0 Å². The van der Waals surface area contributed by atoms with Crippen molar-refractivity contribution in [3.8, 4) is 0 Å². The largest absolute Gasteiger partial charge is 0.353 e. The third-order valence-corrected chi connectivity index (χ3v) is 4.17. The van der Waals surface area contributed by atoms with Gasteiger partial charge in [0.15, 0.2) is 0 Å². The van der Waals surface area contributed by atoms with E-state index in [0.717, 1.165) is 44.8 Å². The number of nitrogens with zero attached hydrogens (tertiary/aromatic N) is 4. The number of piperazine rings is 1. The lowest BCUT2D eigenvalue weighted by Crippen LogP contribution is -2.52. The van der Waals surface area contributed by atoms with Crippen LogP contribution in [0.15, 0.2) is 18.3 Å². The minimum atomic E-state index is 0.185. The number of carbonyl (C=O) groups excluding carboxylic acids is 1. The first-order valence-corrected chi connectivity index (χ1v) is 7.34. The second kappa shape index (κ2) is 5.31. The predicted molar refractivity (Wildman–Crippen MR) is 78.9 cm³/mol. The Balaban J connectivity index is 1.57. The van der Waals surface area contributed by atoms with Crippen LogP contribution in [0.5, 0.6) is 0 Å². The molecule has 1 aromatic rings. The summed E-state index contributed by atoms with van der Waals surface area (Å²) in [5.41, 5.74) is 1.22. The van der Waals surface area contributed by atoms with Crippen molar-refractivity contribution in [1.29, 1.82) is 0 Å². The van der Waals surface area contributed by atoms with Crippen molar-refractivity contribution in [3.05, 3.63) is 23.9 Å². The standard InChI is InChI=1S/C15H22N4O/c1-12-5-6-16-14(11-12)18-7-9-19(10-8-18)15(20)17(2)13-3-4-13/h5-6,11,13H,3-4,7-10H2,1-2H3. The number of pyridine rings is 1. The van der Waals surface area contributed by atoms with Gasteiger partial charge in [0.25, 0.3) is 0 Å². The molecule has 1 aliphatic heterocycles. The number of aryl methyl sites for hydroxylation is 1. The van der Waals surface area contributed by atoms with Crippen molar-refractivity contribution < 1.29 is 4.79 Å². The summed E-state index contributed by atoms with van der Waals surface area (Å²) in [4.78, 5) is 22.8. The average molecular weight is 274 g/mol. The summed E-state index contributed by atoms with van der Waals surface area (Å²) in [7, 11) is 1.93. The number of carbonyl (C=O) groups is 1. The molecule has 0 spiro atoms. The van der Waals surface area contributed by atoms with E-state index in [9.17, 15) is 4.79 Å². The molecule has 20 heavy (non-hydrogen) atoms. The van der Waals surface area contributed by atoms with Gasteiger partial charge in [0.2, 0.25) is 0 Å². The molecule has 0 radical (unpaired) electrons. The van der Waals surface area contributed by atoms with Crippen molar-refractivity contribution in [2.75, 3.05) is 38.1 Å². The van der Waals surface area contributed by atoms with Crippen LogP contribution in [0.3, 0.4) is 0 Å². The zero-order valence-corrected chi connectivity index (χ0v) is 12.2. The zero-order valence-electron chi connectivity index (χ0n) is 12.2. The molecule has 0 bridgehead atoms. The van der Waals surface area contributed by atoms with Gasteiger partial charge in [0.1, 0.15) is 5.82 Å². The normalized spacial score (nSPS) is 19.1. The van der Waals surface area contributed by atoms with Crippen molar-refractivity contribution in [2.24, 2.45) is 0 Å². The lowest BCUT2D eigenvalue weighted by Gasteiger charge is -2.37. The van der Waals surface area contributed by atoms with Gasteiger partial charge in [-0.1, -0.05) is 0 Å². The number of hydrogen-bond donors (Lipinski definition) is 0. The molecule has 1 saturated heterocycles. The summed E-state index contributed by atoms with van der Waals surface area (Å²) >= 11 is 0. The zero-order chi connectivity index (χ0) is 14.1. The number of amides is 2. The molecule has 1 saturated carbocycles. The van der Waals surface area contributed by atoms with Gasteiger partial charge in [0, 0.05) is 45.5 Å². The summed E-state index contributed by atoms with van der Waals surface area (Å²) in [5, 5.41) is 0. The Morgan fingerprint density at radius 2 is 2.00 bits per heavy atom. The van der Waals surface area contributed by atoms with Crippen LogP contribution < -0.4 is 4.90 Å². The maximum atomic E-state index is 12.3. The van der Waals surface area contributed by atoms with E-state index in [-0.39, 0.29) is 6.03 Å². The smallest absolute Gasteiger partial charge is 0.320 e. The molecule has 0 unspecified atom stereocenters. The van der Waals surface area contributed by atoms with Crippen LogP contribution in [0, 0.1) is 6.92 Å². The SMILES string of the molecule is Cc1ccnc(N2CCN(C(=O)N(C)C3CC3)CC2)c1. The molecule has 2 fully saturated rings. The Morgan fingerprint density at radius 1 is 1.30 bits per heavy atom. The molecule has 2 heterocycles. The van der Waals surface area contributed by atoms with E-state index in [0.29, 0.717) is 6.04 Å². The highest BCUT2D eigenvalue weighted by Crippen LogP contribution is 2.26. The maximum absolute atomic E-state index is 12.3. The van der Waals surface area contributed by atoms with E-state index >= 15 is 0 Å². The maximum Gasteiger partial charge on any atom is 0.320 e. The number of urea groups is 1. The highest BCUT2D eigenvalue weighted by Gasteiger charge is 2.33. The van der Waals surface area contributed by atoms with Crippen LogP contribution in [0.4, 0.5) is 10.6 Å². The van der Waals surface area contributed by atoms with Crippen LogP contribution in [0.25, 0.3) is 0 Å². The number of aromatic nitrogens is 1. The van der Waals surface area contributed by atoms with Gasteiger partial charge in [0.05, 0.1) is 0 Å². The molecular formula is C15H22N4O. The third kappa shape index (κ3) is 2.71. The van der Waals surface area contributed by atoms with Crippen LogP contribution in [0.2, 0.25) is 0 Å². The summed E-state index contributed by atoms with van der Waals surface area (Å²) in [5.74, 6) is 1.02. The fraction of sp³-hybridized carbons (Fsp3) is 0.600. The van der Waals surface area contributed by atoms with Crippen molar-refractivity contribution in [2.45, 2.75) is 25.8 Å². The lowest BCUT2D eigenvalue weighted by atomic mass is 10.2. The molecule has 2 aliphatic rings. The Morgan fingerprint density at radius 3 is 2.60 bits per heavy atom. The van der Waals surface area contributed by atoms with Gasteiger partial charge in [-0.25, -0.2) is 9.78 Å². The molecule has 0 N–H and O–H groups in total. The monoisotopic (exact) mass is 274 g/mol. The Labute approximate surface area is 120 Å². The summed E-state index contributed by atoms with van der Waals surface area (Å²) in [6, 6.07) is 4.78. The second-order valence-electron chi connectivity index (χ2n) is 5.79. The van der Waals surface area contributed by atoms with E-state index in [1.165, 1.54) is 5.56 Å². The Kier molecular flexibility index (Phi) is 3.51. The molecule has 3 rings (SSSR count). The summed E-state index contributed by atoms with van der Waals surface area (Å²) in [6.45, 7) is 5.37. The van der Waals surface area contributed by atoms with E-state index in [2.05, 4.69) is 22.9 Å². The lowest BCUT2D eigenvalue weighted by molar-refractivity contribution is 0.157. The minimum absolute atomic E-state index is 0.185. The molecule has 5 heteroatoms. The van der Waals surface area contributed by atoms with Crippen LogP contribution in [-0.4, -0.2) is 60.1 Å². The molecule has 2 amide bonds. The quantitative estimate of drug-likeness (QED) is 0.824. The minimum Gasteiger partial charge on any atom is -0.353 e. The topological polar surface area (TPSA) is 39.7 Å². The fourth-order valence-corrected chi connectivity index (χ4v) is 2.66. The van der Waals surface area contributed by atoms with E-state index in [4.69, 9.17) is 0 Å². The van der Waals surface area contributed by atoms with Gasteiger partial charge in [-0.05, 0) is 37.5 Å². The van der Waals surface area contributed by atoms with Gasteiger partial charge in [-0.15, -0.1) is 0 Å². The predicted octanol–water partition coefficient (Wildman–Crippen LogP) is 1.73. The molecule has 0 aromatic carbocycles. The van der Waals surface area contributed by atoms with Gasteiger partial charge in [-0.2, -0.15) is 0 Å². The molecule has 108 valence electrons. The number of rotatable bonds is 2. The first kappa shape index (κ1) is 13.2. The van der Waals surface area contributed by atoms with Gasteiger partial charge in [-0.3, -0.25) is 0 Å². The molecule has 1 aliphatic carbocycles. The molecule has 0 atom stereocenters. The van der Waals surface area contributed by atoms with Crippen molar-refractivity contribution in [1.82, 2.24) is 14.8 Å². The first-order valence-electron chi connectivity index (χ1n) is 7.34. The summed E-state index contributed by atoms with van der Waals surface area (Å²) < 4.78 is 0. The van der Waals surface area contributed by atoms with Crippen LogP contribution >= 0.6 is 0 Å². The molecule has 1 aromatic heterocycles. The van der Waals surface area contributed by atoms with Crippen LogP contribution in [0.1, 0.15) is 18.4 Å².